The maximum Gasteiger partial charge on any atom is 0.419 e. The van der Waals surface area contributed by atoms with E-state index in [0.717, 1.165) is 27.8 Å². The Labute approximate surface area is 261 Å². The van der Waals surface area contributed by atoms with E-state index in [0.29, 0.717) is 30.5 Å². The third-order valence-electron chi connectivity index (χ3n) is 7.35. The molecule has 0 bridgehead atoms. The third-order valence-corrected chi connectivity index (χ3v) is 7.35. The minimum atomic E-state index is -1.27. The summed E-state index contributed by atoms with van der Waals surface area (Å²) < 4.78 is 12.8. The molecule has 0 unspecified atom stereocenters. The van der Waals surface area contributed by atoms with Gasteiger partial charge >= 0.3 is 17.7 Å². The first-order chi connectivity index (χ1) is 21.1. The second-order valence-corrected chi connectivity index (χ2v) is 9.99. The van der Waals surface area contributed by atoms with Crippen LogP contribution in [-0.2, 0) is 24.8 Å². The number of oxazole rings is 1. The Morgan fingerprint density at radius 1 is 1.24 bits per heavy atom. The lowest BCUT2D eigenvalue weighted by Crippen LogP contribution is -2.29. The number of hydrogen-bond acceptors (Lipinski definition) is 10. The predicted molar refractivity (Wildman–Crippen MR) is 165 cm³/mol. The van der Waals surface area contributed by atoms with Gasteiger partial charge in [0, 0.05) is 19.7 Å². The van der Waals surface area contributed by atoms with Crippen molar-refractivity contribution in [2.45, 2.75) is 32.4 Å². The Bertz CT molecular complexity index is 2000. The largest absolute Gasteiger partial charge is 0.477 e. The van der Waals surface area contributed by atoms with Gasteiger partial charge in [0.2, 0.25) is 0 Å². The van der Waals surface area contributed by atoms with Crippen LogP contribution < -0.4 is 16.8 Å². The SMILES string of the molecule is C=CCOC(=O)c1ccc2c(c1C)CC[C@@H]2NC(=O)c1cc(C(=O)O)nc2ncnn12.Cl.Cn1c(=O)oc2ccc(CN)cc21. The number of nitrogens with one attached hydrogen (secondary N) is 1. The minimum absolute atomic E-state index is 0. The molecule has 1 aliphatic rings. The van der Waals surface area contributed by atoms with E-state index in [1.165, 1.54) is 27.6 Å². The number of rotatable bonds is 7. The molecule has 0 radical (unpaired) electrons. The number of halogens is 1. The lowest BCUT2D eigenvalue weighted by atomic mass is 9.98. The molecule has 0 saturated carbocycles. The summed E-state index contributed by atoms with van der Waals surface area (Å²) in [5.74, 6) is -2.50. The topological polar surface area (TPSA) is 197 Å². The molecular weight excluding hydrogens is 606 g/mol. The van der Waals surface area contributed by atoms with E-state index in [4.69, 9.17) is 14.9 Å². The second-order valence-electron chi connectivity index (χ2n) is 9.99. The molecule has 0 aliphatic heterocycles. The number of fused-ring (bicyclic) bond motifs is 3. The summed E-state index contributed by atoms with van der Waals surface area (Å²) in [6.07, 6.45) is 4.04. The van der Waals surface area contributed by atoms with Gasteiger partial charge in [-0.15, -0.1) is 12.4 Å². The van der Waals surface area contributed by atoms with Gasteiger partial charge in [0.25, 0.3) is 11.7 Å². The Balaban J connectivity index is 0.000000275. The predicted octanol–water partition coefficient (Wildman–Crippen LogP) is 2.90. The molecule has 1 aliphatic carbocycles. The number of ether oxygens (including phenoxy) is 1. The zero-order valence-corrected chi connectivity index (χ0v) is 25.2. The molecule has 15 heteroatoms. The van der Waals surface area contributed by atoms with Gasteiger partial charge in [0.15, 0.2) is 11.3 Å². The summed E-state index contributed by atoms with van der Waals surface area (Å²) in [6, 6.07) is 9.85. The van der Waals surface area contributed by atoms with Crippen LogP contribution in [0.5, 0.6) is 0 Å². The summed E-state index contributed by atoms with van der Waals surface area (Å²) in [6.45, 7) is 5.99. The maximum absolute atomic E-state index is 13.0. The van der Waals surface area contributed by atoms with Gasteiger partial charge in [-0.05, 0) is 60.2 Å². The fourth-order valence-electron chi connectivity index (χ4n) is 5.08. The Morgan fingerprint density at radius 3 is 2.73 bits per heavy atom. The van der Waals surface area contributed by atoms with Crippen molar-refractivity contribution >= 4 is 47.1 Å². The average molecular weight is 636 g/mol. The van der Waals surface area contributed by atoms with Crippen molar-refractivity contribution in [3.8, 4) is 0 Å². The standard InChI is InChI=1S/C21H19N5O5.C9H10N2O2.ClH/c1-3-8-31-20(30)13-4-5-14-12(11(13)2)6-7-15(14)24-18(27)17-9-16(19(28)29)25-21-22-10-23-26(17)21;1-11-7-4-6(5-10)2-3-8(7)13-9(11)12;/h3-5,9-10,15H,1,6-8H2,2H3,(H,24,27)(H,28,29);2-4H,5,10H2,1H3;1H/t15-;;/m0../s1. The summed E-state index contributed by atoms with van der Waals surface area (Å²) >= 11 is 0. The first kappa shape index (κ1) is 32.6. The number of nitrogens with two attached hydrogens (primary N) is 1. The van der Waals surface area contributed by atoms with Crippen molar-refractivity contribution in [1.29, 1.82) is 0 Å². The van der Waals surface area contributed by atoms with E-state index < -0.39 is 17.8 Å². The van der Waals surface area contributed by atoms with Crippen LogP contribution in [0, 0.1) is 6.92 Å². The van der Waals surface area contributed by atoms with Gasteiger partial charge < -0.3 is 25.3 Å². The van der Waals surface area contributed by atoms with Crippen molar-refractivity contribution in [3.05, 3.63) is 105 Å². The van der Waals surface area contributed by atoms with E-state index in [-0.39, 0.29) is 48.0 Å². The van der Waals surface area contributed by atoms with Crippen molar-refractivity contribution in [2.75, 3.05) is 6.61 Å². The number of carbonyl (C=O) groups excluding carboxylic acids is 2. The van der Waals surface area contributed by atoms with Gasteiger partial charge in [-0.25, -0.2) is 19.4 Å². The molecule has 2 aromatic carbocycles. The number of carboxylic acid groups (broad SMARTS) is 1. The van der Waals surface area contributed by atoms with Crippen LogP contribution >= 0.6 is 12.4 Å². The zero-order valence-electron chi connectivity index (χ0n) is 24.4. The number of benzene rings is 2. The Kier molecular flexibility index (Phi) is 9.79. The summed E-state index contributed by atoms with van der Waals surface area (Å²) in [5.41, 5.74) is 10.8. The summed E-state index contributed by atoms with van der Waals surface area (Å²) in [4.78, 5) is 55.4. The number of aromatic nitrogens is 5. The molecule has 3 aromatic heterocycles. The van der Waals surface area contributed by atoms with Crippen molar-refractivity contribution < 1.29 is 28.6 Å². The van der Waals surface area contributed by atoms with E-state index in [9.17, 15) is 24.3 Å². The third kappa shape index (κ3) is 6.46. The highest BCUT2D eigenvalue weighted by molar-refractivity contribution is 5.96. The molecule has 5 aromatic rings. The molecule has 3 heterocycles. The van der Waals surface area contributed by atoms with Gasteiger partial charge in [0.1, 0.15) is 18.6 Å². The number of aryl methyl sites for hydroxylation is 1. The van der Waals surface area contributed by atoms with Crippen molar-refractivity contribution in [3.63, 3.8) is 0 Å². The van der Waals surface area contributed by atoms with Crippen LogP contribution in [0.15, 0.2) is 64.6 Å². The average Bonchev–Trinajstić information content (AvgIpc) is 3.73. The van der Waals surface area contributed by atoms with Gasteiger partial charge in [0.05, 0.1) is 17.1 Å². The Hall–Kier alpha value is -5.34. The number of aromatic carboxylic acids is 1. The molecule has 1 amide bonds. The van der Waals surface area contributed by atoms with Crippen LogP contribution in [0.3, 0.4) is 0 Å². The molecule has 6 rings (SSSR count). The fraction of sp³-hybridized carbons (Fsp3) is 0.233. The monoisotopic (exact) mass is 635 g/mol. The first-order valence-corrected chi connectivity index (χ1v) is 13.6. The number of nitrogens with zero attached hydrogens (tertiary/aromatic N) is 5. The second kappa shape index (κ2) is 13.5. The smallest absolute Gasteiger partial charge is 0.419 e. The van der Waals surface area contributed by atoms with Crippen LogP contribution in [0.4, 0.5) is 0 Å². The summed E-state index contributed by atoms with van der Waals surface area (Å²) in [7, 11) is 1.68. The highest BCUT2D eigenvalue weighted by Crippen LogP contribution is 2.35. The zero-order chi connectivity index (χ0) is 31.5. The van der Waals surface area contributed by atoms with Gasteiger partial charge in [-0.1, -0.05) is 24.8 Å². The van der Waals surface area contributed by atoms with Crippen LogP contribution in [0.2, 0.25) is 0 Å². The maximum atomic E-state index is 13.0. The molecule has 4 N–H and O–H groups in total. The molecule has 234 valence electrons. The van der Waals surface area contributed by atoms with Crippen LogP contribution in [0.1, 0.15) is 66.1 Å². The normalized spacial score (nSPS) is 13.4. The highest BCUT2D eigenvalue weighted by atomic mass is 35.5. The van der Waals surface area contributed by atoms with E-state index in [2.05, 4.69) is 27.0 Å². The number of carboxylic acids is 1. The number of hydrogen-bond donors (Lipinski definition) is 3. The molecule has 45 heavy (non-hydrogen) atoms. The van der Waals surface area contributed by atoms with Gasteiger partial charge in [-0.2, -0.15) is 14.6 Å². The summed E-state index contributed by atoms with van der Waals surface area (Å²) in [5, 5.41) is 16.2. The highest BCUT2D eigenvalue weighted by Gasteiger charge is 2.29. The number of esters is 1. The van der Waals surface area contributed by atoms with E-state index in [1.807, 2.05) is 25.1 Å². The lowest BCUT2D eigenvalue weighted by molar-refractivity contribution is 0.0548. The molecule has 0 fully saturated rings. The molecule has 1 atom stereocenters. The van der Waals surface area contributed by atoms with E-state index >= 15 is 0 Å². The van der Waals surface area contributed by atoms with Crippen molar-refractivity contribution in [1.82, 2.24) is 29.5 Å². The molecule has 0 saturated heterocycles. The molecular formula is C30H30ClN7O7. The van der Waals surface area contributed by atoms with E-state index in [1.54, 1.807) is 19.2 Å². The Morgan fingerprint density at radius 2 is 2.02 bits per heavy atom. The van der Waals surface area contributed by atoms with Crippen LogP contribution in [-0.4, -0.2) is 53.7 Å². The van der Waals surface area contributed by atoms with Gasteiger partial charge in [-0.3, -0.25) is 9.36 Å². The lowest BCUT2D eigenvalue weighted by Gasteiger charge is -2.16. The first-order valence-electron chi connectivity index (χ1n) is 13.6. The van der Waals surface area contributed by atoms with Crippen LogP contribution in [0.25, 0.3) is 16.9 Å². The molecule has 0 spiro atoms. The quantitative estimate of drug-likeness (QED) is 0.176. The molecule has 14 nitrogen and oxygen atoms in total. The van der Waals surface area contributed by atoms with Crippen molar-refractivity contribution in [2.24, 2.45) is 12.8 Å². The number of amides is 1. The fourth-order valence-corrected chi connectivity index (χ4v) is 5.08. The number of carbonyl (C=O) groups is 3. The minimum Gasteiger partial charge on any atom is -0.477 e.